The first kappa shape index (κ1) is 12.7. The van der Waals surface area contributed by atoms with Gasteiger partial charge in [0.25, 0.3) is 0 Å². The van der Waals surface area contributed by atoms with Gasteiger partial charge in [-0.1, -0.05) is 13.8 Å². The average Bonchev–Trinajstić information content (AvgIpc) is 2.26. The lowest BCUT2D eigenvalue weighted by Crippen LogP contribution is -2.28. The third-order valence-electron chi connectivity index (χ3n) is 2.52. The number of nitrogens with one attached hydrogen (secondary N) is 1. The normalized spacial score (nSPS) is 12.7. The molecule has 0 aliphatic heterocycles. The molecule has 15 heavy (non-hydrogen) atoms. The second-order valence-corrected chi connectivity index (χ2v) is 4.58. The number of halogens is 1. The van der Waals surface area contributed by atoms with Crippen molar-refractivity contribution in [1.29, 1.82) is 0 Å². The first-order valence-corrected chi connectivity index (χ1v) is 6.39. The highest BCUT2D eigenvalue weighted by atomic mass is 79.9. The van der Waals surface area contributed by atoms with Crippen molar-refractivity contribution in [3.63, 3.8) is 0 Å². The fourth-order valence-electron chi connectivity index (χ4n) is 1.62. The fourth-order valence-corrected chi connectivity index (χ4v) is 1.85. The molecule has 2 nitrogen and oxygen atoms in total. The third-order valence-corrected chi connectivity index (χ3v) is 2.99. The number of aryl methyl sites for hydroxylation is 1. The summed E-state index contributed by atoms with van der Waals surface area (Å²) >= 11 is 3.39. The Labute approximate surface area is 101 Å². The molecule has 1 rings (SSSR count). The van der Waals surface area contributed by atoms with Gasteiger partial charge in [-0.2, -0.15) is 0 Å². The Balaban J connectivity index is 2.38. The fraction of sp³-hybridized carbons (Fsp3) is 0.583. The molecule has 0 radical (unpaired) electrons. The monoisotopic (exact) mass is 270 g/mol. The second-order valence-electron chi connectivity index (χ2n) is 3.67. The summed E-state index contributed by atoms with van der Waals surface area (Å²) in [6.45, 7) is 5.43. The Kier molecular flexibility index (Phi) is 5.88. The van der Waals surface area contributed by atoms with E-state index in [2.05, 4.69) is 52.2 Å². The summed E-state index contributed by atoms with van der Waals surface area (Å²) in [6.07, 6.45) is 5.27. The summed E-state index contributed by atoms with van der Waals surface area (Å²) in [5.41, 5.74) is 1.18. The van der Waals surface area contributed by atoms with Crippen LogP contribution in [-0.2, 0) is 6.42 Å². The van der Waals surface area contributed by atoms with E-state index in [4.69, 9.17) is 0 Å². The summed E-state index contributed by atoms with van der Waals surface area (Å²) in [7, 11) is 0. The van der Waals surface area contributed by atoms with Crippen LogP contribution in [0.15, 0.2) is 22.8 Å². The van der Waals surface area contributed by atoms with Gasteiger partial charge in [-0.3, -0.25) is 4.98 Å². The molecule has 1 unspecified atom stereocenters. The molecule has 1 aromatic heterocycles. The predicted molar refractivity (Wildman–Crippen MR) is 68.0 cm³/mol. The highest BCUT2D eigenvalue weighted by Crippen LogP contribution is 2.10. The van der Waals surface area contributed by atoms with Gasteiger partial charge in [-0.25, -0.2) is 0 Å². The number of nitrogens with zero attached hydrogens (tertiary/aromatic N) is 1. The van der Waals surface area contributed by atoms with Gasteiger partial charge in [0, 0.05) is 22.4 Å². The average molecular weight is 271 g/mol. The molecule has 1 N–H and O–H groups in total. The Morgan fingerprint density at radius 3 is 2.73 bits per heavy atom. The van der Waals surface area contributed by atoms with Crippen molar-refractivity contribution in [2.24, 2.45) is 0 Å². The molecule has 0 aromatic carbocycles. The highest BCUT2D eigenvalue weighted by molar-refractivity contribution is 9.10. The SMILES string of the molecule is CCNC(CC)CCc1ccc(Br)cn1. The van der Waals surface area contributed by atoms with Crippen LogP contribution in [-0.4, -0.2) is 17.6 Å². The number of aromatic nitrogens is 1. The van der Waals surface area contributed by atoms with Crippen molar-refractivity contribution in [1.82, 2.24) is 10.3 Å². The second kappa shape index (κ2) is 6.96. The van der Waals surface area contributed by atoms with Crippen molar-refractivity contribution in [3.8, 4) is 0 Å². The van der Waals surface area contributed by atoms with Crippen molar-refractivity contribution in [2.45, 2.75) is 39.2 Å². The molecule has 0 spiro atoms. The van der Waals surface area contributed by atoms with Crippen LogP contribution in [0.3, 0.4) is 0 Å². The number of rotatable bonds is 6. The molecule has 3 heteroatoms. The number of hydrogen-bond acceptors (Lipinski definition) is 2. The number of hydrogen-bond donors (Lipinski definition) is 1. The Morgan fingerprint density at radius 2 is 2.20 bits per heavy atom. The van der Waals surface area contributed by atoms with Crippen LogP contribution >= 0.6 is 15.9 Å². The summed E-state index contributed by atoms with van der Waals surface area (Å²) in [4.78, 5) is 4.37. The lowest BCUT2D eigenvalue weighted by Gasteiger charge is -2.14. The first-order valence-electron chi connectivity index (χ1n) is 5.60. The Hall–Kier alpha value is -0.410. The van der Waals surface area contributed by atoms with Gasteiger partial charge < -0.3 is 5.32 Å². The molecule has 0 amide bonds. The minimum absolute atomic E-state index is 0.625. The molecule has 0 saturated carbocycles. The van der Waals surface area contributed by atoms with E-state index in [9.17, 15) is 0 Å². The van der Waals surface area contributed by atoms with Crippen LogP contribution in [0.5, 0.6) is 0 Å². The molecular weight excluding hydrogens is 252 g/mol. The maximum Gasteiger partial charge on any atom is 0.0413 e. The summed E-state index contributed by atoms with van der Waals surface area (Å²) in [5, 5.41) is 3.48. The highest BCUT2D eigenvalue weighted by Gasteiger charge is 2.04. The molecule has 1 aromatic rings. The third kappa shape index (κ3) is 4.76. The van der Waals surface area contributed by atoms with E-state index >= 15 is 0 Å². The Bertz CT molecular complexity index is 271. The van der Waals surface area contributed by atoms with Crippen molar-refractivity contribution >= 4 is 15.9 Å². The van der Waals surface area contributed by atoms with E-state index in [1.807, 2.05) is 6.20 Å². The maximum atomic E-state index is 4.37. The van der Waals surface area contributed by atoms with E-state index < -0.39 is 0 Å². The van der Waals surface area contributed by atoms with Gasteiger partial charge in [0.2, 0.25) is 0 Å². The van der Waals surface area contributed by atoms with Gasteiger partial charge in [0.05, 0.1) is 0 Å². The van der Waals surface area contributed by atoms with Crippen LogP contribution in [0.2, 0.25) is 0 Å². The molecule has 0 aliphatic rings. The van der Waals surface area contributed by atoms with E-state index in [1.165, 1.54) is 18.5 Å². The zero-order valence-corrected chi connectivity index (χ0v) is 11.0. The Morgan fingerprint density at radius 1 is 1.40 bits per heavy atom. The van der Waals surface area contributed by atoms with E-state index in [1.54, 1.807) is 0 Å². The summed E-state index contributed by atoms with van der Waals surface area (Å²) < 4.78 is 1.05. The van der Waals surface area contributed by atoms with Crippen molar-refractivity contribution in [2.75, 3.05) is 6.54 Å². The smallest absolute Gasteiger partial charge is 0.0413 e. The molecule has 0 bridgehead atoms. The van der Waals surface area contributed by atoms with Crippen LogP contribution in [0.4, 0.5) is 0 Å². The zero-order valence-electron chi connectivity index (χ0n) is 9.46. The predicted octanol–water partition coefficient (Wildman–Crippen LogP) is 3.16. The molecule has 1 heterocycles. The van der Waals surface area contributed by atoms with Crippen molar-refractivity contribution < 1.29 is 0 Å². The van der Waals surface area contributed by atoms with Gasteiger partial charge in [0.15, 0.2) is 0 Å². The van der Waals surface area contributed by atoms with Crippen LogP contribution in [0.25, 0.3) is 0 Å². The van der Waals surface area contributed by atoms with Crippen LogP contribution in [0, 0.1) is 0 Å². The van der Waals surface area contributed by atoms with Gasteiger partial charge in [0.1, 0.15) is 0 Å². The van der Waals surface area contributed by atoms with E-state index in [0.717, 1.165) is 17.4 Å². The minimum atomic E-state index is 0.625. The maximum absolute atomic E-state index is 4.37. The standard InChI is InChI=1S/C12H19BrN2/c1-3-11(14-4-2)7-8-12-6-5-10(13)9-15-12/h5-6,9,11,14H,3-4,7-8H2,1-2H3. The molecule has 0 aliphatic carbocycles. The molecule has 1 atom stereocenters. The zero-order chi connectivity index (χ0) is 11.1. The van der Waals surface area contributed by atoms with E-state index in [0.29, 0.717) is 6.04 Å². The van der Waals surface area contributed by atoms with Crippen molar-refractivity contribution in [3.05, 3.63) is 28.5 Å². The van der Waals surface area contributed by atoms with Gasteiger partial charge in [-0.15, -0.1) is 0 Å². The quantitative estimate of drug-likeness (QED) is 0.859. The molecular formula is C12H19BrN2. The summed E-state index contributed by atoms with van der Waals surface area (Å²) in [6, 6.07) is 4.76. The van der Waals surface area contributed by atoms with Crippen LogP contribution < -0.4 is 5.32 Å². The minimum Gasteiger partial charge on any atom is -0.314 e. The van der Waals surface area contributed by atoms with E-state index in [-0.39, 0.29) is 0 Å². The first-order chi connectivity index (χ1) is 7.26. The molecule has 84 valence electrons. The lowest BCUT2D eigenvalue weighted by molar-refractivity contribution is 0.479. The van der Waals surface area contributed by atoms with Gasteiger partial charge >= 0.3 is 0 Å². The molecule has 0 saturated heterocycles. The van der Waals surface area contributed by atoms with Gasteiger partial charge in [-0.05, 0) is 53.9 Å². The van der Waals surface area contributed by atoms with Crippen LogP contribution in [0.1, 0.15) is 32.4 Å². The largest absolute Gasteiger partial charge is 0.314 e. The topological polar surface area (TPSA) is 24.9 Å². The summed E-state index contributed by atoms with van der Waals surface area (Å²) in [5.74, 6) is 0. The number of pyridine rings is 1. The lowest BCUT2D eigenvalue weighted by atomic mass is 10.1. The molecule has 0 fully saturated rings.